The maximum Gasteiger partial charge on any atom is 0.303 e. The highest BCUT2D eigenvalue weighted by atomic mass is 16.4. The molecule has 2 atom stereocenters. The first-order valence-corrected chi connectivity index (χ1v) is 7.95. The summed E-state index contributed by atoms with van der Waals surface area (Å²) >= 11 is 0. The third-order valence-electron chi connectivity index (χ3n) is 4.31. The normalized spacial score (nSPS) is 22.1. The summed E-state index contributed by atoms with van der Waals surface area (Å²) in [5.41, 5.74) is 0. The smallest absolute Gasteiger partial charge is 0.303 e. The van der Waals surface area contributed by atoms with Crippen molar-refractivity contribution in [1.82, 2.24) is 0 Å². The largest absolute Gasteiger partial charge is 0.481 e. The summed E-state index contributed by atoms with van der Waals surface area (Å²) in [5.74, 6) is 1.49. The predicted octanol–water partition coefficient (Wildman–Crippen LogP) is 5.02. The molecule has 0 heterocycles. The molecule has 1 fully saturated rings. The first-order chi connectivity index (χ1) is 8.74. The van der Waals surface area contributed by atoms with E-state index >= 15 is 0 Å². The van der Waals surface area contributed by atoms with E-state index in [2.05, 4.69) is 6.92 Å². The predicted molar refractivity (Wildman–Crippen MR) is 75.7 cm³/mol. The van der Waals surface area contributed by atoms with Gasteiger partial charge in [0.05, 0.1) is 0 Å². The minimum atomic E-state index is -0.652. The summed E-state index contributed by atoms with van der Waals surface area (Å²) in [6.45, 7) is 2.31. The summed E-state index contributed by atoms with van der Waals surface area (Å²) in [6.07, 6.45) is 14.7. The second-order valence-corrected chi connectivity index (χ2v) is 5.92. The average Bonchev–Trinajstić information content (AvgIpc) is 3.10. The molecule has 0 saturated heterocycles. The minimum absolute atomic E-state index is 0.347. The molecule has 106 valence electrons. The number of carboxylic acid groups (broad SMARTS) is 1. The van der Waals surface area contributed by atoms with Gasteiger partial charge in [0.1, 0.15) is 0 Å². The van der Waals surface area contributed by atoms with Gasteiger partial charge in [-0.1, -0.05) is 64.7 Å². The van der Waals surface area contributed by atoms with E-state index in [1.54, 1.807) is 0 Å². The van der Waals surface area contributed by atoms with E-state index in [1.807, 2.05) is 0 Å². The first kappa shape index (κ1) is 15.5. The highest BCUT2D eigenvalue weighted by Crippen LogP contribution is 2.44. The van der Waals surface area contributed by atoms with Crippen LogP contribution in [0.4, 0.5) is 0 Å². The molecule has 2 heteroatoms. The van der Waals surface area contributed by atoms with E-state index in [0.717, 1.165) is 24.7 Å². The molecule has 18 heavy (non-hydrogen) atoms. The van der Waals surface area contributed by atoms with E-state index in [9.17, 15) is 4.79 Å². The maximum atomic E-state index is 10.3. The van der Waals surface area contributed by atoms with Crippen LogP contribution in [-0.2, 0) is 4.79 Å². The molecule has 0 aromatic rings. The quantitative estimate of drug-likeness (QED) is 0.497. The summed E-state index contributed by atoms with van der Waals surface area (Å²) in [6, 6.07) is 0. The van der Waals surface area contributed by atoms with Crippen LogP contribution in [0.15, 0.2) is 0 Å². The Hall–Kier alpha value is -0.530. The molecule has 0 amide bonds. The lowest BCUT2D eigenvalue weighted by atomic mass is 10.0. The fourth-order valence-corrected chi connectivity index (χ4v) is 2.91. The number of hydrogen-bond acceptors (Lipinski definition) is 1. The van der Waals surface area contributed by atoms with Crippen LogP contribution in [0.3, 0.4) is 0 Å². The SMILES string of the molecule is CC[C@@H]1C[C@H]1CCCCCCCCCCC(=O)O. The molecule has 1 aliphatic carbocycles. The van der Waals surface area contributed by atoms with Crippen LogP contribution >= 0.6 is 0 Å². The summed E-state index contributed by atoms with van der Waals surface area (Å²) < 4.78 is 0. The van der Waals surface area contributed by atoms with Crippen molar-refractivity contribution in [1.29, 1.82) is 0 Å². The van der Waals surface area contributed by atoms with Gasteiger partial charge in [-0.25, -0.2) is 0 Å². The van der Waals surface area contributed by atoms with Crippen molar-refractivity contribution in [3.8, 4) is 0 Å². The van der Waals surface area contributed by atoms with Gasteiger partial charge in [-0.15, -0.1) is 0 Å². The third kappa shape index (κ3) is 7.73. The Labute approximate surface area is 112 Å². The van der Waals surface area contributed by atoms with Gasteiger partial charge in [0.2, 0.25) is 0 Å². The second kappa shape index (κ2) is 9.41. The second-order valence-electron chi connectivity index (χ2n) is 5.92. The van der Waals surface area contributed by atoms with E-state index in [1.165, 1.54) is 57.8 Å². The number of unbranched alkanes of at least 4 members (excludes halogenated alkanes) is 7. The number of carbonyl (C=O) groups is 1. The lowest BCUT2D eigenvalue weighted by molar-refractivity contribution is -0.137. The average molecular weight is 254 g/mol. The van der Waals surface area contributed by atoms with Crippen LogP contribution in [0.1, 0.15) is 84.0 Å². The van der Waals surface area contributed by atoms with Gasteiger partial charge in [-0.2, -0.15) is 0 Å². The fourth-order valence-electron chi connectivity index (χ4n) is 2.91. The molecule has 1 aliphatic rings. The van der Waals surface area contributed by atoms with Crippen molar-refractivity contribution in [2.75, 3.05) is 0 Å². The molecule has 1 saturated carbocycles. The maximum absolute atomic E-state index is 10.3. The highest BCUT2D eigenvalue weighted by molar-refractivity contribution is 5.66. The van der Waals surface area contributed by atoms with Crippen LogP contribution in [-0.4, -0.2) is 11.1 Å². The number of aliphatic carboxylic acids is 1. The zero-order valence-electron chi connectivity index (χ0n) is 12.0. The van der Waals surface area contributed by atoms with Crippen molar-refractivity contribution < 1.29 is 9.90 Å². The zero-order chi connectivity index (χ0) is 13.2. The molecule has 1 N–H and O–H groups in total. The standard InChI is InChI=1S/C16H30O2/c1-2-14-13-15(14)11-9-7-5-3-4-6-8-10-12-16(17)18/h14-15H,2-13H2,1H3,(H,17,18)/t14-,15-/m1/s1. The van der Waals surface area contributed by atoms with Crippen molar-refractivity contribution in [3.05, 3.63) is 0 Å². The topological polar surface area (TPSA) is 37.3 Å². The molecular weight excluding hydrogens is 224 g/mol. The van der Waals surface area contributed by atoms with Gasteiger partial charge in [-0.3, -0.25) is 4.79 Å². The van der Waals surface area contributed by atoms with Gasteiger partial charge in [-0.05, 0) is 24.7 Å². The van der Waals surface area contributed by atoms with Gasteiger partial charge in [0.25, 0.3) is 0 Å². The Morgan fingerprint density at radius 1 is 0.944 bits per heavy atom. The van der Waals surface area contributed by atoms with Gasteiger partial charge in [0, 0.05) is 6.42 Å². The van der Waals surface area contributed by atoms with E-state index < -0.39 is 5.97 Å². The van der Waals surface area contributed by atoms with E-state index in [4.69, 9.17) is 5.11 Å². The molecule has 0 unspecified atom stereocenters. The number of rotatable bonds is 12. The van der Waals surface area contributed by atoms with Crippen molar-refractivity contribution in [2.24, 2.45) is 11.8 Å². The molecule has 0 aliphatic heterocycles. The fraction of sp³-hybridized carbons (Fsp3) is 0.938. The van der Waals surface area contributed by atoms with Crippen molar-refractivity contribution in [2.45, 2.75) is 84.0 Å². The summed E-state index contributed by atoms with van der Waals surface area (Å²) in [5, 5.41) is 8.50. The van der Waals surface area contributed by atoms with Crippen molar-refractivity contribution >= 4 is 5.97 Å². The summed E-state index contributed by atoms with van der Waals surface area (Å²) in [7, 11) is 0. The molecular formula is C16H30O2. The van der Waals surface area contributed by atoms with Crippen LogP contribution in [0.5, 0.6) is 0 Å². The number of carboxylic acids is 1. The lowest BCUT2D eigenvalue weighted by Gasteiger charge is -2.02. The highest BCUT2D eigenvalue weighted by Gasteiger charge is 2.33. The molecule has 0 aromatic heterocycles. The molecule has 0 bridgehead atoms. The van der Waals surface area contributed by atoms with Crippen LogP contribution in [0.2, 0.25) is 0 Å². The first-order valence-electron chi connectivity index (χ1n) is 7.95. The van der Waals surface area contributed by atoms with Crippen molar-refractivity contribution in [3.63, 3.8) is 0 Å². The Kier molecular flexibility index (Phi) is 8.11. The van der Waals surface area contributed by atoms with Gasteiger partial charge < -0.3 is 5.11 Å². The molecule has 0 aromatic carbocycles. The molecule has 1 rings (SSSR count). The molecule has 2 nitrogen and oxygen atoms in total. The van der Waals surface area contributed by atoms with Gasteiger partial charge >= 0.3 is 5.97 Å². The van der Waals surface area contributed by atoms with E-state index in [0.29, 0.717) is 6.42 Å². The van der Waals surface area contributed by atoms with E-state index in [-0.39, 0.29) is 0 Å². The monoisotopic (exact) mass is 254 g/mol. The molecule has 0 radical (unpaired) electrons. The van der Waals surface area contributed by atoms with Crippen LogP contribution < -0.4 is 0 Å². The Morgan fingerprint density at radius 3 is 2.00 bits per heavy atom. The molecule has 0 spiro atoms. The van der Waals surface area contributed by atoms with Gasteiger partial charge in [0.15, 0.2) is 0 Å². The lowest BCUT2D eigenvalue weighted by Crippen LogP contribution is -1.93. The van der Waals surface area contributed by atoms with Crippen LogP contribution in [0, 0.1) is 11.8 Å². The van der Waals surface area contributed by atoms with Crippen LogP contribution in [0.25, 0.3) is 0 Å². The Balaban J connectivity index is 1.70. The Morgan fingerprint density at radius 2 is 1.50 bits per heavy atom. The Bertz CT molecular complexity index is 225. The summed E-state index contributed by atoms with van der Waals surface area (Å²) in [4.78, 5) is 10.3. The number of hydrogen-bond donors (Lipinski definition) is 1. The minimum Gasteiger partial charge on any atom is -0.481 e. The third-order valence-corrected chi connectivity index (χ3v) is 4.31. The zero-order valence-corrected chi connectivity index (χ0v) is 12.0.